The molecule has 1 aromatic carbocycles. The summed E-state index contributed by atoms with van der Waals surface area (Å²) in [4.78, 5) is 8.53. The predicted molar refractivity (Wildman–Crippen MR) is 107 cm³/mol. The smallest absolute Gasteiger partial charge is 0.193 e. The Kier molecular flexibility index (Phi) is 11.2. The molecule has 0 heterocycles. The highest BCUT2D eigenvalue weighted by Gasteiger charge is 2.16. The Labute approximate surface area is 157 Å². The second-order valence-electron chi connectivity index (χ2n) is 5.74. The maximum absolute atomic E-state index is 13.5. The van der Waals surface area contributed by atoms with Crippen LogP contribution in [-0.2, 0) is 0 Å². The molecule has 0 radical (unpaired) electrons. The molecule has 0 saturated heterocycles. The molecular weight excluding hydrogens is 406 g/mol. The van der Waals surface area contributed by atoms with Gasteiger partial charge in [0.15, 0.2) is 5.96 Å². The van der Waals surface area contributed by atoms with Gasteiger partial charge in [0.05, 0.1) is 6.04 Å². The van der Waals surface area contributed by atoms with E-state index in [1.54, 1.807) is 19.2 Å². The highest BCUT2D eigenvalue weighted by Crippen LogP contribution is 2.18. The van der Waals surface area contributed by atoms with Gasteiger partial charge in [-0.25, -0.2) is 4.39 Å². The number of guanidine groups is 1. The first-order valence-corrected chi connectivity index (χ1v) is 7.83. The topological polar surface area (TPSA) is 30.9 Å². The van der Waals surface area contributed by atoms with Crippen LogP contribution in [0.2, 0.25) is 0 Å². The first-order chi connectivity index (χ1) is 10.5. The van der Waals surface area contributed by atoms with E-state index in [4.69, 9.17) is 0 Å². The van der Waals surface area contributed by atoms with Crippen molar-refractivity contribution in [3.8, 4) is 0 Å². The van der Waals surface area contributed by atoms with E-state index in [1.807, 2.05) is 27.2 Å². The fraction of sp³-hybridized carbons (Fsp3) is 0.588. The standard InChI is InChI=1S/C17H29FN4.HI/c1-6-7-11-22(5)17(19-2)20-13-16(21(3)4)14-9-8-10-15(18)12-14;/h8-10,12,16H,6-7,11,13H2,1-5H3,(H,19,20);1H. The maximum atomic E-state index is 13.5. The quantitative estimate of drug-likeness (QED) is 0.404. The third-order valence-electron chi connectivity index (χ3n) is 3.73. The summed E-state index contributed by atoms with van der Waals surface area (Å²) in [5.41, 5.74) is 0.962. The van der Waals surface area contributed by atoms with Gasteiger partial charge in [-0.1, -0.05) is 25.5 Å². The van der Waals surface area contributed by atoms with Crippen LogP contribution in [0.15, 0.2) is 29.3 Å². The molecule has 1 unspecified atom stereocenters. The number of hydrogen-bond donors (Lipinski definition) is 1. The van der Waals surface area contributed by atoms with E-state index in [0.29, 0.717) is 6.54 Å². The van der Waals surface area contributed by atoms with E-state index < -0.39 is 0 Å². The van der Waals surface area contributed by atoms with Gasteiger partial charge in [0.25, 0.3) is 0 Å². The summed E-state index contributed by atoms with van der Waals surface area (Å²) in [6.45, 7) is 3.83. The average molecular weight is 436 g/mol. The maximum Gasteiger partial charge on any atom is 0.193 e. The monoisotopic (exact) mass is 436 g/mol. The Morgan fingerprint density at radius 3 is 2.52 bits per heavy atom. The van der Waals surface area contributed by atoms with Crippen molar-refractivity contribution in [2.45, 2.75) is 25.8 Å². The van der Waals surface area contributed by atoms with E-state index in [-0.39, 0.29) is 35.8 Å². The molecule has 1 rings (SSSR count). The lowest BCUT2D eigenvalue weighted by Gasteiger charge is -2.28. The Morgan fingerprint density at radius 2 is 2.00 bits per heavy atom. The molecule has 0 fully saturated rings. The molecule has 0 spiro atoms. The Bertz CT molecular complexity index is 479. The molecule has 0 aliphatic rings. The molecule has 1 atom stereocenters. The lowest BCUT2D eigenvalue weighted by atomic mass is 10.1. The van der Waals surface area contributed by atoms with Crippen LogP contribution in [-0.4, -0.2) is 57.0 Å². The molecule has 1 aromatic rings. The number of benzene rings is 1. The SMILES string of the molecule is CCCCN(C)C(=NC)NCC(c1cccc(F)c1)N(C)C.I. The lowest BCUT2D eigenvalue weighted by molar-refractivity contribution is 0.294. The number of rotatable bonds is 7. The normalized spacial score (nSPS) is 12.7. The van der Waals surface area contributed by atoms with Crippen LogP contribution in [0, 0.1) is 5.82 Å². The zero-order valence-electron chi connectivity index (χ0n) is 14.8. The second-order valence-corrected chi connectivity index (χ2v) is 5.74. The largest absolute Gasteiger partial charge is 0.354 e. The van der Waals surface area contributed by atoms with Crippen LogP contribution in [0.3, 0.4) is 0 Å². The minimum atomic E-state index is -0.200. The van der Waals surface area contributed by atoms with Crippen molar-refractivity contribution >= 4 is 29.9 Å². The van der Waals surface area contributed by atoms with E-state index in [2.05, 4.69) is 27.0 Å². The van der Waals surface area contributed by atoms with Crippen LogP contribution in [0.5, 0.6) is 0 Å². The molecule has 0 aromatic heterocycles. The van der Waals surface area contributed by atoms with Gasteiger partial charge in [-0.3, -0.25) is 4.99 Å². The van der Waals surface area contributed by atoms with Crippen molar-refractivity contribution in [2.75, 3.05) is 41.3 Å². The van der Waals surface area contributed by atoms with E-state index in [0.717, 1.165) is 30.9 Å². The molecule has 1 N–H and O–H groups in total. The molecule has 0 aliphatic heterocycles. The highest BCUT2D eigenvalue weighted by atomic mass is 127. The summed E-state index contributed by atoms with van der Waals surface area (Å²) in [5, 5.41) is 3.39. The number of likely N-dealkylation sites (N-methyl/N-ethyl adjacent to an activating group) is 1. The average Bonchev–Trinajstić information content (AvgIpc) is 2.48. The van der Waals surface area contributed by atoms with Crippen LogP contribution in [0.4, 0.5) is 4.39 Å². The van der Waals surface area contributed by atoms with E-state index in [9.17, 15) is 4.39 Å². The van der Waals surface area contributed by atoms with Crippen LogP contribution in [0.1, 0.15) is 31.4 Å². The summed E-state index contributed by atoms with van der Waals surface area (Å²) in [6.07, 6.45) is 2.29. The van der Waals surface area contributed by atoms with Gasteiger partial charge in [0.2, 0.25) is 0 Å². The first-order valence-electron chi connectivity index (χ1n) is 7.83. The minimum Gasteiger partial charge on any atom is -0.354 e. The zero-order chi connectivity index (χ0) is 16.5. The highest BCUT2D eigenvalue weighted by molar-refractivity contribution is 14.0. The van der Waals surface area contributed by atoms with Gasteiger partial charge in [-0.2, -0.15) is 0 Å². The number of nitrogens with zero attached hydrogens (tertiary/aromatic N) is 3. The molecule has 132 valence electrons. The third-order valence-corrected chi connectivity index (χ3v) is 3.73. The summed E-state index contributed by atoms with van der Waals surface area (Å²) < 4.78 is 13.5. The van der Waals surface area contributed by atoms with Gasteiger partial charge in [-0.05, 0) is 38.2 Å². The van der Waals surface area contributed by atoms with Crippen molar-refractivity contribution in [3.63, 3.8) is 0 Å². The number of halogens is 2. The van der Waals surface area contributed by atoms with Crippen LogP contribution in [0.25, 0.3) is 0 Å². The van der Waals surface area contributed by atoms with Gasteiger partial charge in [-0.15, -0.1) is 24.0 Å². The number of nitrogens with one attached hydrogen (secondary N) is 1. The Morgan fingerprint density at radius 1 is 1.30 bits per heavy atom. The van der Waals surface area contributed by atoms with Gasteiger partial charge < -0.3 is 15.1 Å². The molecule has 23 heavy (non-hydrogen) atoms. The molecule has 0 amide bonds. The number of unbranched alkanes of at least 4 members (excludes halogenated alkanes) is 1. The van der Waals surface area contributed by atoms with Crippen molar-refractivity contribution in [1.82, 2.24) is 15.1 Å². The number of aliphatic imine (C=N–C) groups is 1. The summed E-state index contributed by atoms with van der Waals surface area (Å²) >= 11 is 0. The summed E-state index contributed by atoms with van der Waals surface area (Å²) in [5.74, 6) is 0.672. The van der Waals surface area contributed by atoms with Crippen molar-refractivity contribution < 1.29 is 4.39 Å². The zero-order valence-corrected chi connectivity index (χ0v) is 17.2. The fourth-order valence-corrected chi connectivity index (χ4v) is 2.39. The van der Waals surface area contributed by atoms with Crippen LogP contribution >= 0.6 is 24.0 Å². The molecule has 4 nitrogen and oxygen atoms in total. The second kappa shape index (κ2) is 11.6. The van der Waals surface area contributed by atoms with Crippen LogP contribution < -0.4 is 5.32 Å². The summed E-state index contributed by atoms with van der Waals surface area (Å²) in [7, 11) is 7.83. The van der Waals surface area contributed by atoms with E-state index >= 15 is 0 Å². The van der Waals surface area contributed by atoms with Crippen molar-refractivity contribution in [2.24, 2.45) is 4.99 Å². The van der Waals surface area contributed by atoms with E-state index in [1.165, 1.54) is 6.07 Å². The molecule has 0 saturated carbocycles. The lowest BCUT2D eigenvalue weighted by Crippen LogP contribution is -2.43. The van der Waals surface area contributed by atoms with Gasteiger partial charge in [0.1, 0.15) is 5.82 Å². The Balaban J connectivity index is 0.00000484. The predicted octanol–water partition coefficient (Wildman–Crippen LogP) is 3.35. The van der Waals surface area contributed by atoms with Gasteiger partial charge in [0, 0.05) is 27.2 Å². The number of hydrogen-bond acceptors (Lipinski definition) is 2. The van der Waals surface area contributed by atoms with Gasteiger partial charge >= 0.3 is 0 Å². The van der Waals surface area contributed by atoms with Crippen molar-refractivity contribution in [3.05, 3.63) is 35.6 Å². The Hall–Kier alpha value is -0.890. The molecule has 6 heteroatoms. The van der Waals surface area contributed by atoms with Crippen molar-refractivity contribution in [1.29, 1.82) is 0 Å². The fourth-order valence-electron chi connectivity index (χ4n) is 2.39. The first kappa shape index (κ1) is 22.1. The summed E-state index contributed by atoms with van der Waals surface area (Å²) in [6, 6.07) is 6.87. The molecule has 0 aliphatic carbocycles. The third kappa shape index (κ3) is 7.48. The molecule has 0 bridgehead atoms. The molecular formula is C17H30FIN4. The minimum absolute atomic E-state index is 0.